The zero-order valence-corrected chi connectivity index (χ0v) is 19.2. The maximum Gasteiger partial charge on any atom is 0.346 e. The number of benzene rings is 1. The summed E-state index contributed by atoms with van der Waals surface area (Å²) in [6.45, 7) is 6.46. The molecule has 0 aliphatic heterocycles. The predicted octanol–water partition coefficient (Wildman–Crippen LogP) is 4.60. The number of ketones is 1. The van der Waals surface area contributed by atoms with E-state index in [1.165, 1.54) is 16.0 Å². The number of carbonyl (C=O) groups is 1. The summed E-state index contributed by atoms with van der Waals surface area (Å²) >= 11 is 7.89. The van der Waals surface area contributed by atoms with Crippen molar-refractivity contribution in [2.24, 2.45) is 5.92 Å². The van der Waals surface area contributed by atoms with Crippen LogP contribution < -0.4 is 10.4 Å². The summed E-state index contributed by atoms with van der Waals surface area (Å²) in [6, 6.07) is 7.63. The molecule has 0 radical (unpaired) electrons. The monoisotopic (exact) mass is 447 g/mol. The molecule has 3 aromatic rings. The number of carbonyl (C=O) groups excluding carboxylic acids is 1. The first-order chi connectivity index (χ1) is 14.3. The van der Waals surface area contributed by atoms with Crippen LogP contribution in [0.15, 0.2) is 34.4 Å². The number of hydrogen-bond acceptors (Lipinski definition) is 5. The maximum atomic E-state index is 13.0. The van der Waals surface area contributed by atoms with Gasteiger partial charge in [-0.1, -0.05) is 37.6 Å². The Kier molecular flexibility index (Phi) is 7.15. The minimum atomic E-state index is -0.282. The Bertz CT molecular complexity index is 1100. The van der Waals surface area contributed by atoms with Crippen molar-refractivity contribution in [2.75, 3.05) is 7.11 Å². The first-order valence-corrected chi connectivity index (χ1v) is 11.1. The highest BCUT2D eigenvalue weighted by Gasteiger charge is 2.21. The standard InChI is InChI=1S/C22H26ClN3O3S/c1-14(2)11-25-21(20-19(23)15(3)13-30-20)24-26(22(25)28)12-17(27)9-8-16-6-5-7-18(10-16)29-4/h5-7,10,13-14H,8-9,11-12H2,1-4H3. The average Bonchev–Trinajstić information content (AvgIpc) is 3.20. The van der Waals surface area contributed by atoms with Crippen molar-refractivity contribution in [1.29, 1.82) is 0 Å². The van der Waals surface area contributed by atoms with Gasteiger partial charge in [0.1, 0.15) is 12.3 Å². The Morgan fingerprint density at radius 1 is 1.33 bits per heavy atom. The van der Waals surface area contributed by atoms with Gasteiger partial charge in [-0.3, -0.25) is 9.36 Å². The fourth-order valence-corrected chi connectivity index (χ4v) is 4.45. The van der Waals surface area contributed by atoms with Crippen molar-refractivity contribution in [1.82, 2.24) is 14.3 Å². The molecule has 1 aromatic carbocycles. The summed E-state index contributed by atoms with van der Waals surface area (Å²) in [6.07, 6.45) is 0.908. The van der Waals surface area contributed by atoms with Gasteiger partial charge in [-0.15, -0.1) is 16.4 Å². The van der Waals surface area contributed by atoms with E-state index in [4.69, 9.17) is 16.3 Å². The molecular weight excluding hydrogens is 422 g/mol. The summed E-state index contributed by atoms with van der Waals surface area (Å²) in [7, 11) is 1.61. The van der Waals surface area contributed by atoms with E-state index in [1.807, 2.05) is 50.4 Å². The molecule has 0 fully saturated rings. The number of methoxy groups -OCH3 is 1. The number of Topliss-reactive ketones (excluding diaryl/α,β-unsaturated/α-hetero) is 1. The molecule has 160 valence electrons. The molecule has 0 spiro atoms. The van der Waals surface area contributed by atoms with Crippen molar-refractivity contribution in [3.63, 3.8) is 0 Å². The molecule has 30 heavy (non-hydrogen) atoms. The number of hydrogen-bond donors (Lipinski definition) is 0. The first-order valence-electron chi connectivity index (χ1n) is 9.86. The molecule has 0 saturated carbocycles. The summed E-state index contributed by atoms with van der Waals surface area (Å²) < 4.78 is 8.10. The molecular formula is C22H26ClN3O3S. The van der Waals surface area contributed by atoms with E-state index in [-0.39, 0.29) is 23.9 Å². The van der Waals surface area contributed by atoms with Crippen LogP contribution in [-0.4, -0.2) is 27.2 Å². The average molecular weight is 448 g/mol. The van der Waals surface area contributed by atoms with Gasteiger partial charge in [0.25, 0.3) is 0 Å². The van der Waals surface area contributed by atoms with Crippen molar-refractivity contribution in [3.8, 4) is 16.5 Å². The lowest BCUT2D eigenvalue weighted by atomic mass is 10.1. The van der Waals surface area contributed by atoms with Crippen LogP contribution in [0.25, 0.3) is 10.7 Å². The Hall–Kier alpha value is -2.38. The van der Waals surface area contributed by atoms with Crippen LogP contribution >= 0.6 is 22.9 Å². The second kappa shape index (κ2) is 9.62. The molecule has 3 rings (SSSR count). The molecule has 0 aliphatic carbocycles. The lowest BCUT2D eigenvalue weighted by Crippen LogP contribution is -2.29. The van der Waals surface area contributed by atoms with E-state index in [1.54, 1.807) is 11.7 Å². The molecule has 0 unspecified atom stereocenters. The fraction of sp³-hybridized carbons (Fsp3) is 0.409. The van der Waals surface area contributed by atoms with Gasteiger partial charge in [0.05, 0.1) is 17.0 Å². The van der Waals surface area contributed by atoms with Gasteiger partial charge in [0, 0.05) is 13.0 Å². The third kappa shape index (κ3) is 5.02. The second-order valence-electron chi connectivity index (χ2n) is 7.72. The van der Waals surface area contributed by atoms with Gasteiger partial charge < -0.3 is 4.74 Å². The SMILES string of the molecule is COc1cccc(CCC(=O)Cn2nc(-c3scc(C)c3Cl)n(CC(C)C)c2=O)c1. The van der Waals surface area contributed by atoms with Gasteiger partial charge in [-0.05, 0) is 47.9 Å². The number of rotatable bonds is 9. The number of ether oxygens (including phenoxy) is 1. The maximum absolute atomic E-state index is 13.0. The van der Waals surface area contributed by atoms with Crippen molar-refractivity contribution in [3.05, 3.63) is 56.3 Å². The quantitative estimate of drug-likeness (QED) is 0.480. The number of nitrogens with zero attached hydrogens (tertiary/aromatic N) is 3. The van der Waals surface area contributed by atoms with Gasteiger partial charge >= 0.3 is 5.69 Å². The van der Waals surface area contributed by atoms with E-state index < -0.39 is 0 Å². The lowest BCUT2D eigenvalue weighted by Gasteiger charge is -2.07. The lowest BCUT2D eigenvalue weighted by molar-refractivity contribution is -0.119. The fourth-order valence-electron chi connectivity index (χ4n) is 3.18. The van der Waals surface area contributed by atoms with Gasteiger partial charge in [0.15, 0.2) is 11.6 Å². The third-order valence-electron chi connectivity index (χ3n) is 4.73. The Morgan fingerprint density at radius 3 is 2.73 bits per heavy atom. The molecule has 0 bridgehead atoms. The Balaban J connectivity index is 1.80. The topological polar surface area (TPSA) is 66.1 Å². The van der Waals surface area contributed by atoms with Crippen molar-refractivity contribution < 1.29 is 9.53 Å². The summed E-state index contributed by atoms with van der Waals surface area (Å²) in [5, 5.41) is 7.03. The van der Waals surface area contributed by atoms with E-state index in [2.05, 4.69) is 5.10 Å². The molecule has 2 heterocycles. The number of aromatic nitrogens is 3. The van der Waals surface area contributed by atoms with Crippen LogP contribution in [0.2, 0.25) is 5.02 Å². The summed E-state index contributed by atoms with van der Waals surface area (Å²) in [5.74, 6) is 1.49. The molecule has 8 heteroatoms. The van der Waals surface area contributed by atoms with Crippen LogP contribution in [0.5, 0.6) is 5.75 Å². The molecule has 0 amide bonds. The Morgan fingerprint density at radius 2 is 2.10 bits per heavy atom. The van der Waals surface area contributed by atoms with Crippen LogP contribution in [0.1, 0.15) is 31.4 Å². The molecule has 0 atom stereocenters. The van der Waals surface area contributed by atoms with E-state index >= 15 is 0 Å². The van der Waals surface area contributed by atoms with Gasteiger partial charge in [-0.25, -0.2) is 9.48 Å². The minimum Gasteiger partial charge on any atom is -0.497 e. The molecule has 2 aromatic heterocycles. The normalized spacial score (nSPS) is 11.3. The smallest absolute Gasteiger partial charge is 0.346 e. The molecule has 0 saturated heterocycles. The van der Waals surface area contributed by atoms with Crippen LogP contribution in [0.3, 0.4) is 0 Å². The largest absolute Gasteiger partial charge is 0.497 e. The van der Waals surface area contributed by atoms with Crippen molar-refractivity contribution >= 4 is 28.7 Å². The minimum absolute atomic E-state index is 0.0471. The summed E-state index contributed by atoms with van der Waals surface area (Å²) in [4.78, 5) is 26.3. The molecule has 6 nitrogen and oxygen atoms in total. The first kappa shape index (κ1) is 22.3. The zero-order chi connectivity index (χ0) is 21.8. The highest BCUT2D eigenvalue weighted by atomic mass is 35.5. The second-order valence-corrected chi connectivity index (χ2v) is 8.98. The predicted molar refractivity (Wildman–Crippen MR) is 121 cm³/mol. The molecule has 0 N–H and O–H groups in total. The number of halogens is 1. The molecule has 0 aliphatic rings. The highest BCUT2D eigenvalue weighted by Crippen LogP contribution is 2.35. The number of aryl methyl sites for hydroxylation is 2. The van der Waals surface area contributed by atoms with Crippen molar-refractivity contribution in [2.45, 2.75) is 46.7 Å². The number of thiophene rings is 1. The van der Waals surface area contributed by atoms with E-state index in [9.17, 15) is 9.59 Å². The van der Waals surface area contributed by atoms with Crippen LogP contribution in [0.4, 0.5) is 0 Å². The van der Waals surface area contributed by atoms with E-state index in [0.29, 0.717) is 30.2 Å². The highest BCUT2D eigenvalue weighted by molar-refractivity contribution is 7.14. The van der Waals surface area contributed by atoms with Gasteiger partial charge in [0.2, 0.25) is 0 Å². The summed E-state index contributed by atoms with van der Waals surface area (Å²) in [5.41, 5.74) is 1.68. The van der Waals surface area contributed by atoms with Gasteiger partial charge in [-0.2, -0.15) is 0 Å². The van der Waals surface area contributed by atoms with Crippen LogP contribution in [-0.2, 0) is 24.3 Å². The zero-order valence-electron chi connectivity index (χ0n) is 17.6. The van der Waals surface area contributed by atoms with E-state index in [0.717, 1.165) is 21.8 Å². The van der Waals surface area contributed by atoms with Crippen LogP contribution in [0, 0.1) is 12.8 Å². The third-order valence-corrected chi connectivity index (χ3v) is 6.42. The Labute approximate surface area is 185 Å².